The molecule has 0 aliphatic carbocycles. The molecule has 5 N–H and O–H groups in total. The van der Waals surface area contributed by atoms with E-state index in [1.165, 1.54) is 21.0 Å². The number of carbonyl (C=O) groups is 7. The average molecular weight is 993 g/mol. The number of nitrogens with zero attached hydrogens (tertiary/aromatic N) is 5. The summed E-state index contributed by atoms with van der Waals surface area (Å²) in [6, 6.07) is 6.74. The van der Waals surface area contributed by atoms with Crippen LogP contribution in [0.5, 0.6) is 0 Å². The number of ether oxygens (including phenoxy) is 1. The van der Waals surface area contributed by atoms with Gasteiger partial charge in [-0.05, 0) is 61.1 Å². The van der Waals surface area contributed by atoms with Gasteiger partial charge in [-0.3, -0.25) is 24.0 Å². The molecule has 0 saturated heterocycles. The standard InChI is InChI=1S/C50H68BF3N8O9/c1-28(2)22-36(45(65)59(8)31(7)49(70)71-41(48(68)69)16-13-21-55)57-44(64)40(25-33-27-62(38-15-12-11-14-35(33)38)26-32-17-19-34(51)20-18-32)60(9)46(66)37(23-29(3)4)58-43(63)39(24-30(5)6)61(10)47(67)42(56)50(52,53)54/h11-12,14-15,17-20,27-31,36-37,39-42H,13,16,22-26,56H2,1-10H3,(H,57,64)(H,58,63)(H,68,69)/t31-,36-,37-,39-,40-,41+,42+/m0/s1. The number of nitriles is 1. The number of amides is 5. The lowest BCUT2D eigenvalue weighted by Crippen LogP contribution is -2.61. The molecule has 0 saturated carbocycles. The summed E-state index contributed by atoms with van der Waals surface area (Å²) in [5.41, 5.74) is 8.19. The SMILES string of the molecule is [B]c1ccc(Cn2cc(C[C@@H](C(=O)N[C@@H](CC(C)C)C(=O)N(C)[C@@H](C)C(=O)O[C@H](CCC#N)C(=O)O)N(C)C(=O)[C@H](CC(C)C)NC(=O)[C@H](CC(C)C)N(C)C(=O)[C@@H](N)C(F)(F)F)c3ccccc32)cc1. The maximum atomic E-state index is 15.0. The number of nitrogens with one attached hydrogen (secondary N) is 2. The topological polar surface area (TPSA) is 237 Å². The largest absolute Gasteiger partial charge is 0.479 e. The molecule has 3 aromatic rings. The number of aromatic nitrogens is 1. The Morgan fingerprint density at radius 1 is 0.775 bits per heavy atom. The number of fused-ring (bicyclic) bond motifs is 1. The number of alkyl halides is 3. The second kappa shape index (κ2) is 26.1. The summed E-state index contributed by atoms with van der Waals surface area (Å²) in [5.74, 6) is -8.06. The number of likely N-dealkylation sites (N-methyl/N-ethyl adjacent to an activating group) is 3. The fourth-order valence-electron chi connectivity index (χ4n) is 8.03. The number of hydrogen-bond donors (Lipinski definition) is 4. The molecule has 0 unspecified atom stereocenters. The summed E-state index contributed by atoms with van der Waals surface area (Å²) < 4.78 is 47.9. The summed E-state index contributed by atoms with van der Waals surface area (Å²) >= 11 is 0. The molecule has 1 heterocycles. The van der Waals surface area contributed by atoms with Crippen LogP contribution < -0.4 is 21.8 Å². The smallest absolute Gasteiger partial charge is 0.412 e. The number of rotatable bonds is 25. The maximum absolute atomic E-state index is 15.0. The van der Waals surface area contributed by atoms with Crippen molar-refractivity contribution < 1.29 is 56.6 Å². The third-order valence-corrected chi connectivity index (χ3v) is 12.1. The number of carboxylic acids is 1. The van der Waals surface area contributed by atoms with Crippen LogP contribution in [-0.2, 0) is 51.3 Å². The predicted octanol–water partition coefficient (Wildman–Crippen LogP) is 3.82. The van der Waals surface area contributed by atoms with Crippen LogP contribution in [0.25, 0.3) is 10.9 Å². The van der Waals surface area contributed by atoms with Crippen molar-refractivity contribution >= 4 is 65.7 Å². The lowest BCUT2D eigenvalue weighted by Gasteiger charge is -2.35. The third kappa shape index (κ3) is 16.6. The number of nitrogens with two attached hydrogens (primary N) is 1. The Morgan fingerprint density at radius 2 is 1.28 bits per heavy atom. The number of halogens is 3. The summed E-state index contributed by atoms with van der Waals surface area (Å²) in [5, 5.41) is 24.8. The van der Waals surface area contributed by atoms with Crippen LogP contribution in [-0.4, -0.2) is 143 Å². The Hall–Kier alpha value is -6.43. The highest BCUT2D eigenvalue weighted by Gasteiger charge is 2.46. The molecule has 0 bridgehead atoms. The number of para-hydroxylation sites is 1. The average Bonchev–Trinajstić information content (AvgIpc) is 3.64. The van der Waals surface area contributed by atoms with Crippen molar-refractivity contribution in [2.75, 3.05) is 21.1 Å². The molecule has 5 amide bonds. The van der Waals surface area contributed by atoms with Gasteiger partial charge in [0, 0.05) is 64.1 Å². The van der Waals surface area contributed by atoms with Crippen LogP contribution in [0, 0.1) is 29.1 Å². The van der Waals surface area contributed by atoms with Crippen LogP contribution in [0.1, 0.15) is 91.7 Å². The van der Waals surface area contributed by atoms with E-state index in [4.69, 9.17) is 23.6 Å². The fourth-order valence-corrected chi connectivity index (χ4v) is 8.03. The highest BCUT2D eigenvalue weighted by Crippen LogP contribution is 2.27. The van der Waals surface area contributed by atoms with Gasteiger partial charge in [0.05, 0.1) is 6.07 Å². The molecule has 71 heavy (non-hydrogen) atoms. The molecule has 0 spiro atoms. The van der Waals surface area contributed by atoms with E-state index in [1.54, 1.807) is 59.7 Å². The molecule has 0 aliphatic heterocycles. The Labute approximate surface area is 415 Å². The van der Waals surface area contributed by atoms with E-state index in [0.29, 0.717) is 22.5 Å². The zero-order valence-corrected chi connectivity index (χ0v) is 42.2. The van der Waals surface area contributed by atoms with E-state index >= 15 is 0 Å². The first-order valence-electron chi connectivity index (χ1n) is 23.5. The molecular weight excluding hydrogens is 924 g/mol. The minimum atomic E-state index is -5.09. The molecule has 7 atom stereocenters. The summed E-state index contributed by atoms with van der Waals surface area (Å²) in [6.07, 6.45) is -5.54. The first-order chi connectivity index (χ1) is 33.1. The Bertz CT molecular complexity index is 2390. The predicted molar refractivity (Wildman–Crippen MR) is 261 cm³/mol. The monoisotopic (exact) mass is 993 g/mol. The van der Waals surface area contributed by atoms with Crippen molar-refractivity contribution in [1.82, 2.24) is 29.9 Å². The van der Waals surface area contributed by atoms with Crippen molar-refractivity contribution in [2.24, 2.45) is 23.5 Å². The first kappa shape index (κ1) is 58.9. The Balaban J connectivity index is 2.14. The molecule has 17 nitrogen and oxygen atoms in total. The van der Waals surface area contributed by atoms with E-state index in [0.717, 1.165) is 33.3 Å². The van der Waals surface area contributed by atoms with Crippen molar-refractivity contribution in [3.63, 3.8) is 0 Å². The lowest BCUT2D eigenvalue weighted by molar-refractivity contribution is -0.172. The molecule has 0 aliphatic rings. The van der Waals surface area contributed by atoms with Gasteiger partial charge in [0.25, 0.3) is 0 Å². The number of hydrogen-bond acceptors (Lipinski definition) is 10. The second-order valence-corrected chi connectivity index (χ2v) is 19.3. The van der Waals surface area contributed by atoms with Crippen LogP contribution in [0.4, 0.5) is 13.2 Å². The highest BCUT2D eigenvalue weighted by molar-refractivity contribution is 6.32. The third-order valence-electron chi connectivity index (χ3n) is 12.1. The molecular formula is C50H68BF3N8O9. The van der Waals surface area contributed by atoms with Crippen LogP contribution >= 0.6 is 0 Å². The molecule has 3 rings (SSSR count). The minimum absolute atomic E-state index is 0.00473. The first-order valence-corrected chi connectivity index (χ1v) is 23.5. The molecule has 2 radical (unpaired) electrons. The number of benzene rings is 2. The van der Waals surface area contributed by atoms with Gasteiger partial charge in [-0.15, -0.1) is 0 Å². The number of carboxylic acid groups (broad SMARTS) is 1. The van der Waals surface area contributed by atoms with Crippen LogP contribution in [0.2, 0.25) is 0 Å². The lowest BCUT2D eigenvalue weighted by atomic mass is 9.95. The number of esters is 1. The number of carbonyl (C=O) groups excluding carboxylic acids is 6. The van der Waals surface area contributed by atoms with Gasteiger partial charge in [-0.1, -0.05) is 89.5 Å². The summed E-state index contributed by atoms with van der Waals surface area (Å²) in [7, 11) is 9.63. The zero-order valence-electron chi connectivity index (χ0n) is 42.2. The maximum Gasteiger partial charge on any atom is 0.412 e. The molecule has 21 heteroatoms. The van der Waals surface area contributed by atoms with E-state index in [-0.39, 0.29) is 56.3 Å². The molecule has 386 valence electrons. The van der Waals surface area contributed by atoms with Gasteiger partial charge >= 0.3 is 18.1 Å². The van der Waals surface area contributed by atoms with Crippen molar-refractivity contribution in [1.29, 1.82) is 5.26 Å². The van der Waals surface area contributed by atoms with E-state index in [2.05, 4.69) is 10.6 Å². The summed E-state index contributed by atoms with van der Waals surface area (Å²) in [6.45, 7) is 12.3. The van der Waals surface area contributed by atoms with Gasteiger partial charge in [0.2, 0.25) is 29.5 Å². The van der Waals surface area contributed by atoms with Gasteiger partial charge < -0.3 is 45.5 Å². The van der Waals surface area contributed by atoms with Gasteiger partial charge in [-0.25, -0.2) is 9.59 Å². The van der Waals surface area contributed by atoms with Crippen molar-refractivity contribution in [2.45, 2.75) is 142 Å². The van der Waals surface area contributed by atoms with E-state index < -0.39 is 90.0 Å². The summed E-state index contributed by atoms with van der Waals surface area (Å²) in [4.78, 5) is 99.1. The van der Waals surface area contributed by atoms with Crippen LogP contribution in [0.15, 0.2) is 54.7 Å². The second-order valence-electron chi connectivity index (χ2n) is 19.3. The van der Waals surface area contributed by atoms with E-state index in [9.17, 15) is 51.8 Å². The molecule has 0 fully saturated rings. The zero-order chi connectivity index (χ0) is 53.7. The fraction of sp³-hybridized carbons (Fsp3) is 0.560. The minimum Gasteiger partial charge on any atom is -0.479 e. The number of aliphatic carboxylic acids is 1. The highest BCUT2D eigenvalue weighted by atomic mass is 19.4. The van der Waals surface area contributed by atoms with Gasteiger partial charge in [0.1, 0.15) is 38.1 Å². The van der Waals surface area contributed by atoms with E-state index in [1.807, 2.05) is 47.2 Å². The molecule has 2 aromatic carbocycles. The van der Waals surface area contributed by atoms with Gasteiger partial charge in [0.15, 0.2) is 12.1 Å². The quantitative estimate of drug-likeness (QED) is 0.0703. The Kier molecular flexibility index (Phi) is 21.7. The van der Waals surface area contributed by atoms with Crippen molar-refractivity contribution in [3.8, 4) is 6.07 Å². The van der Waals surface area contributed by atoms with Gasteiger partial charge in [-0.2, -0.15) is 18.4 Å². The van der Waals surface area contributed by atoms with Crippen molar-refractivity contribution in [3.05, 3.63) is 65.9 Å². The normalized spacial score (nSPS) is 14.6. The Morgan fingerprint density at radius 3 is 1.79 bits per heavy atom. The molecule has 1 aromatic heterocycles. The van der Waals surface area contributed by atoms with Crippen LogP contribution in [0.3, 0.4) is 0 Å².